The lowest BCUT2D eigenvalue weighted by Crippen LogP contribution is -2.31. The van der Waals surface area contributed by atoms with Crippen LogP contribution in [0.25, 0.3) is 0 Å². The van der Waals surface area contributed by atoms with Crippen molar-refractivity contribution >= 4 is 34.1 Å². The molecule has 1 unspecified atom stereocenters. The molecule has 1 aliphatic rings. The third-order valence-corrected chi connectivity index (χ3v) is 5.94. The number of amides is 1. The van der Waals surface area contributed by atoms with Crippen molar-refractivity contribution in [1.29, 1.82) is 0 Å². The number of anilines is 1. The number of hydrogen-bond acceptors (Lipinski definition) is 8. The zero-order chi connectivity index (χ0) is 23.5. The summed E-state index contributed by atoms with van der Waals surface area (Å²) in [7, 11) is 1.52. The van der Waals surface area contributed by atoms with Crippen LogP contribution in [-0.4, -0.2) is 41.5 Å². The summed E-state index contributed by atoms with van der Waals surface area (Å²) < 4.78 is 10.1. The number of methoxy groups -OCH3 is 1. The minimum Gasteiger partial charge on any atom is -0.503 e. The number of Topliss-reactive ketones (excluding diaryl/α,β-unsaturated/α-hetero) is 1. The maximum atomic E-state index is 13.4. The summed E-state index contributed by atoms with van der Waals surface area (Å²) >= 11 is 1.05. The molecule has 0 saturated heterocycles. The minimum absolute atomic E-state index is 0.0471. The van der Waals surface area contributed by atoms with E-state index in [1.807, 2.05) is 0 Å². The van der Waals surface area contributed by atoms with Gasteiger partial charge in [-0.1, -0.05) is 30.3 Å². The van der Waals surface area contributed by atoms with E-state index in [4.69, 9.17) is 9.47 Å². The van der Waals surface area contributed by atoms with Gasteiger partial charge in [-0.2, -0.15) is 0 Å². The predicted octanol–water partition coefficient (Wildman–Crippen LogP) is 4.11. The van der Waals surface area contributed by atoms with Gasteiger partial charge in [0.1, 0.15) is 5.75 Å². The number of nitrogens with zero attached hydrogens (tertiary/aromatic N) is 2. The normalized spacial score (nSPS) is 15.6. The topological polar surface area (TPSA) is 106 Å². The molecule has 9 heteroatoms. The summed E-state index contributed by atoms with van der Waals surface area (Å²) in [6.45, 7) is 1.86. The zero-order valence-electron chi connectivity index (χ0n) is 17.8. The second-order valence-electron chi connectivity index (χ2n) is 7.04. The molecule has 1 aliphatic heterocycles. The molecule has 0 spiro atoms. The smallest absolute Gasteiger partial charge is 0.357 e. The van der Waals surface area contributed by atoms with Crippen LogP contribution >= 0.6 is 11.3 Å². The number of ketones is 1. The van der Waals surface area contributed by atoms with Crippen molar-refractivity contribution in [2.24, 2.45) is 0 Å². The highest BCUT2D eigenvalue weighted by molar-refractivity contribution is 7.14. The summed E-state index contributed by atoms with van der Waals surface area (Å²) in [4.78, 5) is 44.1. The summed E-state index contributed by atoms with van der Waals surface area (Å²) in [5.41, 5.74) is 0.883. The number of ether oxygens (including phenoxy) is 2. The molecule has 1 aromatic heterocycles. The van der Waals surface area contributed by atoms with Crippen LogP contribution in [0, 0.1) is 0 Å². The number of aromatic nitrogens is 1. The Bertz CT molecular complexity index is 1230. The molecule has 3 aromatic rings. The van der Waals surface area contributed by atoms with Crippen molar-refractivity contribution in [2.75, 3.05) is 18.6 Å². The molecular weight excluding hydrogens is 444 g/mol. The largest absolute Gasteiger partial charge is 0.503 e. The van der Waals surface area contributed by atoms with Crippen LogP contribution in [0.1, 0.15) is 39.4 Å². The van der Waals surface area contributed by atoms with E-state index in [2.05, 4.69) is 4.98 Å². The van der Waals surface area contributed by atoms with Gasteiger partial charge in [-0.05, 0) is 36.8 Å². The van der Waals surface area contributed by atoms with E-state index < -0.39 is 29.5 Å². The molecule has 0 bridgehead atoms. The minimum atomic E-state index is -0.922. The monoisotopic (exact) mass is 464 g/mol. The Balaban J connectivity index is 1.78. The molecular formula is C24H20N2O6S. The number of esters is 1. The molecule has 2 heterocycles. The number of rotatable bonds is 7. The van der Waals surface area contributed by atoms with Crippen molar-refractivity contribution in [2.45, 2.75) is 13.0 Å². The number of carbonyl (C=O) groups is 3. The lowest BCUT2D eigenvalue weighted by atomic mass is 9.93. The first-order chi connectivity index (χ1) is 16.0. The molecule has 168 valence electrons. The number of benzene rings is 2. The van der Waals surface area contributed by atoms with Crippen molar-refractivity contribution < 1.29 is 29.0 Å². The fourth-order valence-electron chi connectivity index (χ4n) is 3.56. The van der Waals surface area contributed by atoms with Gasteiger partial charge in [-0.15, -0.1) is 11.3 Å². The second kappa shape index (κ2) is 9.25. The van der Waals surface area contributed by atoms with Crippen molar-refractivity contribution in [3.05, 3.63) is 88.1 Å². The molecule has 8 nitrogen and oxygen atoms in total. The van der Waals surface area contributed by atoms with E-state index >= 15 is 0 Å². The molecule has 0 saturated carbocycles. The number of thiazole rings is 1. The summed E-state index contributed by atoms with van der Waals surface area (Å²) in [6, 6.07) is 14.3. The quantitative estimate of drug-likeness (QED) is 0.414. The van der Waals surface area contributed by atoms with Crippen LogP contribution in [-0.2, 0) is 9.53 Å². The Morgan fingerprint density at radius 1 is 1.12 bits per heavy atom. The number of aliphatic hydroxyl groups is 1. The van der Waals surface area contributed by atoms with E-state index in [1.165, 1.54) is 17.4 Å². The number of hydrogen-bond donors (Lipinski definition) is 1. The molecule has 1 N–H and O–H groups in total. The lowest BCUT2D eigenvalue weighted by Gasteiger charge is -2.24. The number of aliphatic hydroxyl groups excluding tert-OH is 1. The van der Waals surface area contributed by atoms with Gasteiger partial charge in [0, 0.05) is 10.9 Å². The zero-order valence-corrected chi connectivity index (χ0v) is 18.7. The highest BCUT2D eigenvalue weighted by Gasteiger charge is 2.45. The summed E-state index contributed by atoms with van der Waals surface area (Å²) in [5, 5.41) is 12.4. The van der Waals surface area contributed by atoms with Gasteiger partial charge in [0.25, 0.3) is 5.91 Å². The van der Waals surface area contributed by atoms with E-state index in [0.717, 1.165) is 11.3 Å². The average Bonchev–Trinajstić information content (AvgIpc) is 3.43. The first kappa shape index (κ1) is 22.2. The van der Waals surface area contributed by atoms with Crippen molar-refractivity contribution in [3.8, 4) is 5.75 Å². The van der Waals surface area contributed by atoms with Crippen molar-refractivity contribution in [3.63, 3.8) is 0 Å². The van der Waals surface area contributed by atoms with Crippen molar-refractivity contribution in [1.82, 2.24) is 4.98 Å². The maximum Gasteiger partial charge on any atom is 0.357 e. The molecule has 0 fully saturated rings. The lowest BCUT2D eigenvalue weighted by molar-refractivity contribution is -0.117. The standard InChI is InChI=1S/C24H20N2O6S/c1-3-32-23(30)17-13-33-24(25-17)26-19(14-7-5-4-6-8-14)18(21(28)22(26)29)20(27)15-9-11-16(31-2)12-10-15/h4-13,19,28H,3H2,1-2H3. The Kier molecular flexibility index (Phi) is 6.23. The van der Waals surface area contributed by atoms with Crippen LogP contribution in [0.3, 0.4) is 0 Å². The molecule has 4 rings (SSSR count). The fourth-order valence-corrected chi connectivity index (χ4v) is 4.38. The Labute approximate surface area is 193 Å². The van der Waals surface area contributed by atoms with Crippen LogP contribution in [0.4, 0.5) is 5.13 Å². The Morgan fingerprint density at radius 2 is 1.82 bits per heavy atom. The highest BCUT2D eigenvalue weighted by Crippen LogP contribution is 2.42. The van der Waals surface area contributed by atoms with Crippen LogP contribution < -0.4 is 9.64 Å². The third kappa shape index (κ3) is 4.10. The van der Waals surface area contributed by atoms with Crippen LogP contribution in [0.5, 0.6) is 5.75 Å². The molecule has 1 atom stereocenters. The van der Waals surface area contributed by atoms with Gasteiger partial charge in [0.2, 0.25) is 0 Å². The second-order valence-corrected chi connectivity index (χ2v) is 7.88. The van der Waals surface area contributed by atoms with E-state index in [-0.39, 0.29) is 23.0 Å². The average molecular weight is 464 g/mol. The van der Waals surface area contributed by atoms with Gasteiger partial charge < -0.3 is 14.6 Å². The van der Waals surface area contributed by atoms with Gasteiger partial charge in [-0.3, -0.25) is 14.5 Å². The summed E-state index contributed by atoms with van der Waals surface area (Å²) in [5.74, 6) is -1.97. The number of carbonyl (C=O) groups excluding carboxylic acids is 3. The fraction of sp³-hybridized carbons (Fsp3) is 0.167. The SMILES string of the molecule is CCOC(=O)c1csc(N2C(=O)C(O)=C(C(=O)c3ccc(OC)cc3)C2c2ccccc2)n1. The maximum absolute atomic E-state index is 13.4. The molecule has 0 radical (unpaired) electrons. The molecule has 1 amide bonds. The van der Waals surface area contributed by atoms with E-state index in [9.17, 15) is 19.5 Å². The Morgan fingerprint density at radius 3 is 2.45 bits per heavy atom. The molecule has 33 heavy (non-hydrogen) atoms. The van der Waals surface area contributed by atoms with Crippen LogP contribution in [0.15, 0.2) is 71.3 Å². The highest BCUT2D eigenvalue weighted by atomic mass is 32.1. The first-order valence-electron chi connectivity index (χ1n) is 10.1. The van der Waals surface area contributed by atoms with Gasteiger partial charge in [0.15, 0.2) is 22.4 Å². The van der Waals surface area contributed by atoms with E-state index in [1.54, 1.807) is 61.5 Å². The Hall–Kier alpha value is -3.98. The first-order valence-corrected chi connectivity index (χ1v) is 11.0. The third-order valence-electron chi connectivity index (χ3n) is 5.10. The molecule has 2 aromatic carbocycles. The van der Waals surface area contributed by atoms with Gasteiger partial charge >= 0.3 is 5.97 Å². The molecule has 0 aliphatic carbocycles. The predicted molar refractivity (Wildman–Crippen MR) is 122 cm³/mol. The van der Waals surface area contributed by atoms with Gasteiger partial charge in [0.05, 0.1) is 25.3 Å². The summed E-state index contributed by atoms with van der Waals surface area (Å²) in [6.07, 6.45) is 0. The van der Waals surface area contributed by atoms with E-state index in [0.29, 0.717) is 16.9 Å². The van der Waals surface area contributed by atoms with Gasteiger partial charge in [-0.25, -0.2) is 9.78 Å². The van der Waals surface area contributed by atoms with Crippen LogP contribution in [0.2, 0.25) is 0 Å².